The molecular weight excluding hydrogens is 571 g/mol. The van der Waals surface area contributed by atoms with Crippen LogP contribution in [0.4, 0.5) is 0 Å². The minimum atomic E-state index is -2.23. The molecule has 0 spiro atoms. The van der Waals surface area contributed by atoms with E-state index in [1.807, 2.05) is 3.28 Å². The summed E-state index contributed by atoms with van der Waals surface area (Å²) in [6, 6.07) is 14.9. The zero-order valence-electron chi connectivity index (χ0n) is 25.1. The Morgan fingerprint density at radius 1 is 0.703 bits per heavy atom. The van der Waals surface area contributed by atoms with Crippen LogP contribution >= 0.6 is 0 Å². The third kappa shape index (κ3) is 6.05. The Morgan fingerprint density at radius 2 is 1.14 bits per heavy atom. The summed E-state index contributed by atoms with van der Waals surface area (Å²) >= 11 is -2.23. The van der Waals surface area contributed by atoms with Crippen LogP contribution in [-0.4, -0.2) is 3.21 Å². The maximum Gasteiger partial charge on any atom is -1.00 e. The zero-order chi connectivity index (χ0) is 26.1. The molecule has 2 aliphatic rings. The van der Waals surface area contributed by atoms with E-state index in [9.17, 15) is 0 Å². The molecule has 0 saturated heterocycles. The molecule has 0 fully saturated rings. The van der Waals surface area contributed by atoms with Crippen molar-refractivity contribution in [3.8, 4) is 11.1 Å². The fourth-order valence-corrected chi connectivity index (χ4v) is 15.6. The van der Waals surface area contributed by atoms with Gasteiger partial charge in [-0.05, 0) is 0 Å². The van der Waals surface area contributed by atoms with Crippen molar-refractivity contribution in [2.24, 2.45) is 5.41 Å². The smallest absolute Gasteiger partial charge is 1.00 e. The molecular formula is C34H46Cl2Zr. The summed E-state index contributed by atoms with van der Waals surface area (Å²) < 4.78 is 4.12. The van der Waals surface area contributed by atoms with Gasteiger partial charge in [-0.3, -0.25) is 0 Å². The van der Waals surface area contributed by atoms with Crippen LogP contribution in [0.25, 0.3) is 11.1 Å². The van der Waals surface area contributed by atoms with E-state index in [0.29, 0.717) is 3.63 Å². The fourth-order valence-electron chi connectivity index (χ4n) is 6.24. The summed E-state index contributed by atoms with van der Waals surface area (Å²) in [5.41, 5.74) is 12.8. The van der Waals surface area contributed by atoms with Crippen LogP contribution in [0.15, 0.2) is 56.9 Å². The van der Waals surface area contributed by atoms with Gasteiger partial charge in [0.25, 0.3) is 0 Å². The van der Waals surface area contributed by atoms with Crippen molar-refractivity contribution in [3.63, 3.8) is 0 Å². The van der Waals surface area contributed by atoms with Crippen molar-refractivity contribution < 1.29 is 46.1 Å². The van der Waals surface area contributed by atoms with E-state index in [4.69, 9.17) is 0 Å². The zero-order valence-corrected chi connectivity index (χ0v) is 29.1. The Bertz CT molecular complexity index is 1220. The van der Waals surface area contributed by atoms with Crippen LogP contribution in [0.3, 0.4) is 0 Å². The molecule has 2 aliphatic carbocycles. The molecule has 0 nitrogen and oxygen atoms in total. The summed E-state index contributed by atoms with van der Waals surface area (Å²) in [5.74, 6) is 0. The van der Waals surface area contributed by atoms with E-state index < -0.39 is 21.3 Å². The first-order valence-corrected chi connectivity index (χ1v) is 17.3. The number of fused-ring (bicyclic) bond motifs is 3. The van der Waals surface area contributed by atoms with Crippen molar-refractivity contribution in [3.05, 3.63) is 79.2 Å². The van der Waals surface area contributed by atoms with Crippen molar-refractivity contribution in [1.29, 1.82) is 0 Å². The minimum Gasteiger partial charge on any atom is -1.00 e. The number of hydrogen-bond acceptors (Lipinski definition) is 0. The second-order valence-corrected chi connectivity index (χ2v) is 21.5. The van der Waals surface area contributed by atoms with Crippen LogP contribution in [0, 0.1) is 5.41 Å². The predicted octanol–water partition coefficient (Wildman–Crippen LogP) is 3.84. The van der Waals surface area contributed by atoms with Crippen molar-refractivity contribution in [2.45, 2.75) is 104 Å². The van der Waals surface area contributed by atoms with Gasteiger partial charge >= 0.3 is 224 Å². The first-order valence-electron chi connectivity index (χ1n) is 13.4. The maximum atomic E-state index is 2.53. The van der Waals surface area contributed by atoms with Crippen LogP contribution in [0.5, 0.6) is 0 Å². The van der Waals surface area contributed by atoms with Crippen molar-refractivity contribution >= 4 is 3.21 Å². The molecule has 4 rings (SSSR count). The van der Waals surface area contributed by atoms with E-state index >= 15 is 0 Å². The number of allylic oxidation sites excluding steroid dienone is 4. The molecule has 2 aromatic rings. The van der Waals surface area contributed by atoms with Gasteiger partial charge in [-0.1, -0.05) is 0 Å². The quantitative estimate of drug-likeness (QED) is 0.482. The van der Waals surface area contributed by atoms with Crippen LogP contribution < -0.4 is 24.8 Å². The molecule has 0 amide bonds. The van der Waals surface area contributed by atoms with Gasteiger partial charge in [-0.15, -0.1) is 0 Å². The summed E-state index contributed by atoms with van der Waals surface area (Å²) in [4.78, 5) is 0. The fraction of sp³-hybridized carbons (Fsp3) is 0.500. The normalized spacial score (nSPS) is 15.3. The molecule has 37 heavy (non-hydrogen) atoms. The van der Waals surface area contributed by atoms with E-state index in [1.54, 1.807) is 19.9 Å². The summed E-state index contributed by atoms with van der Waals surface area (Å²) in [6.45, 7) is 28.5. The Kier molecular flexibility index (Phi) is 9.67. The van der Waals surface area contributed by atoms with Gasteiger partial charge in [0.2, 0.25) is 0 Å². The third-order valence-corrected chi connectivity index (χ3v) is 16.3. The molecule has 0 aliphatic heterocycles. The molecule has 0 unspecified atom stereocenters. The molecule has 2 aromatic carbocycles. The van der Waals surface area contributed by atoms with Gasteiger partial charge in [-0.2, -0.15) is 0 Å². The van der Waals surface area contributed by atoms with E-state index in [-0.39, 0.29) is 41.1 Å². The summed E-state index contributed by atoms with van der Waals surface area (Å²) in [6.07, 6.45) is 3.68. The van der Waals surface area contributed by atoms with Crippen LogP contribution in [0.1, 0.15) is 115 Å². The number of benzene rings is 2. The van der Waals surface area contributed by atoms with Gasteiger partial charge in [0.15, 0.2) is 0 Å². The van der Waals surface area contributed by atoms with E-state index in [2.05, 4.69) is 126 Å². The van der Waals surface area contributed by atoms with E-state index in [0.717, 1.165) is 0 Å². The Balaban J connectivity index is 0.00000241. The molecule has 0 aromatic heterocycles. The maximum absolute atomic E-state index is 2.53. The van der Waals surface area contributed by atoms with Crippen LogP contribution in [0.2, 0.25) is 0 Å². The Morgan fingerprint density at radius 3 is 1.49 bits per heavy atom. The average Bonchev–Trinajstić information content (AvgIpc) is 3.25. The van der Waals surface area contributed by atoms with Gasteiger partial charge in [0.05, 0.1) is 0 Å². The molecule has 200 valence electrons. The van der Waals surface area contributed by atoms with Crippen LogP contribution in [-0.2, 0) is 32.1 Å². The first-order chi connectivity index (χ1) is 16.0. The van der Waals surface area contributed by atoms with Gasteiger partial charge in [0.1, 0.15) is 0 Å². The number of halogens is 2. The SMILES string of the molecule is CC1=CC[C]([Zr+2](=[C](C)C)[CH]2c3ccc(C(C)(C)C)cc3-c3cc(C(C)(C)C)ccc32)=C1C(C)(C)C.[Cl-].[Cl-]. The third-order valence-electron chi connectivity index (χ3n) is 7.96. The second kappa shape index (κ2) is 11.0. The molecule has 0 saturated carbocycles. The van der Waals surface area contributed by atoms with Crippen molar-refractivity contribution in [1.82, 2.24) is 0 Å². The monoisotopic (exact) mass is 614 g/mol. The number of rotatable bonds is 2. The van der Waals surface area contributed by atoms with Crippen molar-refractivity contribution in [2.75, 3.05) is 0 Å². The Hall–Kier alpha value is -0.747. The molecule has 0 atom stereocenters. The summed E-state index contributed by atoms with van der Waals surface area (Å²) in [7, 11) is 0. The minimum absolute atomic E-state index is 0. The first kappa shape index (κ1) is 32.5. The molecule has 3 heteroatoms. The average molecular weight is 617 g/mol. The molecule has 0 N–H and O–H groups in total. The summed E-state index contributed by atoms with van der Waals surface area (Å²) in [5, 5.41) is 0. The molecule has 0 heterocycles. The Labute approximate surface area is 247 Å². The standard InChI is InChI=1S/C21H25.C10H15.C3H6.2ClH.Zr/c1-20(2,3)16-9-7-14-11-15-8-10-17(21(4,5)6)13-19(15)18(14)12-16;1-8-6-5-7-9(8)10(2,3)4;1-3-2;;;/h7-13H,1-6H3;6H,5H2,1-4H3;1-2H3;2*1H;/q;;;;;+2/p-2. The molecule has 0 bridgehead atoms. The van der Waals surface area contributed by atoms with Gasteiger partial charge in [-0.25, -0.2) is 0 Å². The van der Waals surface area contributed by atoms with Gasteiger partial charge < -0.3 is 24.8 Å². The predicted molar refractivity (Wildman–Crippen MR) is 152 cm³/mol. The topological polar surface area (TPSA) is 0 Å². The largest absolute Gasteiger partial charge is 1.00 e. The van der Waals surface area contributed by atoms with E-state index in [1.165, 1.54) is 34.2 Å². The molecule has 0 radical (unpaired) electrons. The van der Waals surface area contributed by atoms with Gasteiger partial charge in [0, 0.05) is 0 Å². The second-order valence-electron chi connectivity index (χ2n) is 14.1. The number of hydrogen-bond donors (Lipinski definition) is 0.